The summed E-state index contributed by atoms with van der Waals surface area (Å²) in [6.45, 7) is 18.2. The average Bonchev–Trinajstić information content (AvgIpc) is 2.86. The lowest BCUT2D eigenvalue weighted by Crippen LogP contribution is -2.12. The molecule has 1 aliphatic rings. The van der Waals surface area contributed by atoms with Crippen LogP contribution in [-0.2, 0) is 12.3 Å². The van der Waals surface area contributed by atoms with Gasteiger partial charge in [0, 0.05) is 8.15 Å². The van der Waals surface area contributed by atoms with Gasteiger partial charge in [0.2, 0.25) is 0 Å². The van der Waals surface area contributed by atoms with E-state index in [0.717, 1.165) is 18.9 Å². The highest BCUT2D eigenvalue weighted by molar-refractivity contribution is 14.1. The number of nitrogens with zero attached hydrogens (tertiary/aromatic N) is 1. The van der Waals surface area contributed by atoms with Gasteiger partial charge in [-0.05, 0) is 39.0 Å². The normalized spacial score (nSPS) is 18.6. The van der Waals surface area contributed by atoms with Crippen LogP contribution in [0, 0.1) is 17.2 Å². The molecule has 6 heteroatoms. The van der Waals surface area contributed by atoms with Crippen molar-refractivity contribution in [1.29, 1.82) is 5.26 Å². The second kappa shape index (κ2) is 23.5. The van der Waals surface area contributed by atoms with Crippen molar-refractivity contribution in [3.05, 3.63) is 0 Å². The Morgan fingerprint density at radius 2 is 1.75 bits per heavy atom. The molecule has 0 aromatic heterocycles. The van der Waals surface area contributed by atoms with E-state index in [-0.39, 0.29) is 8.15 Å². The molecule has 1 saturated heterocycles. The van der Waals surface area contributed by atoms with E-state index in [1.54, 1.807) is 0 Å². The number of ether oxygens (including phenoxy) is 1. The van der Waals surface area contributed by atoms with E-state index in [4.69, 9.17) is 17.6 Å². The van der Waals surface area contributed by atoms with E-state index >= 15 is 0 Å². The van der Waals surface area contributed by atoms with Gasteiger partial charge in [-0.15, -0.1) is 0 Å². The fourth-order valence-corrected chi connectivity index (χ4v) is 2.21. The molecule has 1 rings (SSSR count). The summed E-state index contributed by atoms with van der Waals surface area (Å²) in [7, 11) is -0.263. The van der Waals surface area contributed by atoms with Crippen LogP contribution in [0.25, 0.3) is 0 Å². The Morgan fingerprint density at radius 3 is 2.04 bits per heavy atom. The highest BCUT2D eigenvalue weighted by Crippen LogP contribution is 2.25. The molecular weight excluding hydrogens is 436 g/mol. The third-order valence-corrected chi connectivity index (χ3v) is 3.19. The summed E-state index contributed by atoms with van der Waals surface area (Å²) in [5, 5.41) is 8.06. The second-order valence-corrected chi connectivity index (χ2v) is 8.92. The molecule has 0 bridgehead atoms. The molecule has 1 aliphatic heterocycles. The lowest BCUT2D eigenvalue weighted by molar-refractivity contribution is 0.0358. The summed E-state index contributed by atoms with van der Waals surface area (Å²) >= 11 is 1.90. The zero-order valence-corrected chi connectivity index (χ0v) is 20.0. The summed E-state index contributed by atoms with van der Waals surface area (Å²) in [6, 6.07) is 2.01. The maximum absolute atomic E-state index is 8.06. The van der Waals surface area contributed by atoms with Crippen LogP contribution in [0.15, 0.2) is 0 Å². The first kappa shape index (κ1) is 29.3. The molecule has 0 saturated carbocycles. The summed E-state index contributed by atoms with van der Waals surface area (Å²) in [5.74, 6) is 0.833. The highest BCUT2D eigenvalue weighted by Gasteiger charge is 2.21. The Hall–Kier alpha value is 0.530. The van der Waals surface area contributed by atoms with Crippen LogP contribution in [0.3, 0.4) is 0 Å². The number of rotatable bonds is 5. The van der Waals surface area contributed by atoms with Gasteiger partial charge in [0.15, 0.2) is 0 Å². The molecule has 4 nitrogen and oxygen atoms in total. The molecule has 0 spiro atoms. The van der Waals surface area contributed by atoms with Crippen LogP contribution in [0.5, 0.6) is 0 Å². The molecule has 24 heavy (non-hydrogen) atoms. The molecule has 0 aromatic rings. The summed E-state index contributed by atoms with van der Waals surface area (Å²) < 4.78 is 15.5. The highest BCUT2D eigenvalue weighted by atomic mass is 127. The van der Waals surface area contributed by atoms with Gasteiger partial charge in [-0.2, -0.15) is 5.26 Å². The van der Waals surface area contributed by atoms with E-state index in [1.165, 1.54) is 12.8 Å². The topological polar surface area (TPSA) is 51.5 Å². The molecule has 0 aromatic carbocycles. The molecule has 0 aliphatic carbocycles. The lowest BCUT2D eigenvalue weighted by atomic mass is 10.2. The first-order valence-corrected chi connectivity index (χ1v) is 11.8. The van der Waals surface area contributed by atoms with Crippen LogP contribution >= 0.6 is 31.2 Å². The Morgan fingerprint density at radius 1 is 1.25 bits per heavy atom. The number of halogens is 1. The second-order valence-electron chi connectivity index (χ2n) is 6.41. The van der Waals surface area contributed by atoms with Crippen LogP contribution in [0.4, 0.5) is 0 Å². The molecule has 0 unspecified atom stereocenters. The predicted molar refractivity (Wildman–Crippen MR) is 115 cm³/mol. The fourth-order valence-electron chi connectivity index (χ4n) is 1.35. The van der Waals surface area contributed by atoms with Gasteiger partial charge in [-0.3, -0.25) is 0 Å². The summed E-state index contributed by atoms with van der Waals surface area (Å²) in [4.78, 5) is 0. The van der Waals surface area contributed by atoms with Gasteiger partial charge in [0.05, 0.1) is 37.9 Å². The molecular formula is C18H39INO3P. The van der Waals surface area contributed by atoms with Crippen LogP contribution in [0.2, 0.25) is 0 Å². The zero-order chi connectivity index (χ0) is 19.4. The Labute approximate surface area is 166 Å². The minimum Gasteiger partial charge on any atom is -0.373 e. The Bertz CT molecular complexity index is 269. The van der Waals surface area contributed by atoms with E-state index in [0.29, 0.717) is 25.2 Å². The average molecular weight is 475 g/mol. The van der Waals surface area contributed by atoms with Crippen LogP contribution < -0.4 is 0 Å². The quantitative estimate of drug-likeness (QED) is 0.256. The van der Waals surface area contributed by atoms with Crippen molar-refractivity contribution in [1.82, 2.24) is 0 Å². The molecule has 2 atom stereocenters. The van der Waals surface area contributed by atoms with E-state index in [1.807, 2.05) is 42.4 Å². The first-order chi connectivity index (χ1) is 11.2. The molecule has 1 fully saturated rings. The summed E-state index contributed by atoms with van der Waals surface area (Å²) in [5.41, 5.74) is 0. The van der Waals surface area contributed by atoms with Gasteiger partial charge >= 0.3 is 0 Å². The van der Waals surface area contributed by atoms with Crippen molar-refractivity contribution in [3.63, 3.8) is 0 Å². The minimum atomic E-state index is -0.263. The Balaban J connectivity index is -0.000000269. The fraction of sp³-hybridized carbons (Fsp3) is 0.944. The summed E-state index contributed by atoms with van der Waals surface area (Å²) in [6.07, 6.45) is 4.91. The predicted octanol–water partition coefficient (Wildman–Crippen LogP) is 6.57. The third-order valence-electron chi connectivity index (χ3n) is 2.13. The molecule has 0 amide bonds. The standard InChI is InChI=1S/C6H11IO2.C5H10NOP.C4H10.C3H8/c1-5-2-3-6(9-5)4-8-7;1-8(2)7-5-3-4-6;1-4(2)3;1-3-2/h5-6H,2-4H2,1H3;3,5H2,1-2H3;4H,1-3H3;3H2,1-2H3/t5-,6-;;;/m0.../s1. The van der Waals surface area contributed by atoms with Gasteiger partial charge in [-0.25, -0.2) is 0 Å². The van der Waals surface area contributed by atoms with Crippen molar-refractivity contribution in [3.8, 4) is 6.07 Å². The first-order valence-electron chi connectivity index (χ1n) is 8.81. The molecule has 0 N–H and O–H groups in total. The van der Waals surface area contributed by atoms with E-state index < -0.39 is 0 Å². The molecule has 146 valence electrons. The molecule has 1 heterocycles. The van der Waals surface area contributed by atoms with E-state index in [9.17, 15) is 0 Å². The SMILES string of the molecule is CC(C)C.CCC.CP(C)OCCC#N.C[C@H]1CC[C@@H](COI)O1. The molecule has 0 radical (unpaired) electrons. The van der Waals surface area contributed by atoms with Crippen molar-refractivity contribution in [2.45, 2.75) is 79.4 Å². The van der Waals surface area contributed by atoms with Crippen molar-refractivity contribution >= 4 is 31.2 Å². The third kappa shape index (κ3) is 34.0. The zero-order valence-electron chi connectivity index (χ0n) is 17.0. The maximum atomic E-state index is 8.06. The van der Waals surface area contributed by atoms with Gasteiger partial charge < -0.3 is 12.3 Å². The van der Waals surface area contributed by atoms with Crippen LogP contribution in [-0.4, -0.2) is 38.8 Å². The van der Waals surface area contributed by atoms with E-state index in [2.05, 4.69) is 41.5 Å². The number of hydrogen-bond donors (Lipinski definition) is 0. The maximum Gasteiger partial charge on any atom is 0.109 e. The van der Waals surface area contributed by atoms with Gasteiger partial charge in [0.25, 0.3) is 0 Å². The van der Waals surface area contributed by atoms with Gasteiger partial charge in [-0.1, -0.05) is 41.0 Å². The minimum absolute atomic E-state index is 0.263. The lowest BCUT2D eigenvalue weighted by Gasteiger charge is -2.07. The largest absolute Gasteiger partial charge is 0.373 e. The smallest absolute Gasteiger partial charge is 0.109 e. The number of hydrogen-bond acceptors (Lipinski definition) is 4. The van der Waals surface area contributed by atoms with Gasteiger partial charge in [0.1, 0.15) is 23.0 Å². The van der Waals surface area contributed by atoms with Crippen molar-refractivity contribution in [2.24, 2.45) is 5.92 Å². The van der Waals surface area contributed by atoms with Crippen LogP contribution in [0.1, 0.15) is 67.2 Å². The monoisotopic (exact) mass is 475 g/mol. The number of nitriles is 1. The Kier molecular flexibility index (Phi) is 28.7. The van der Waals surface area contributed by atoms with Crippen molar-refractivity contribution in [2.75, 3.05) is 26.5 Å². The van der Waals surface area contributed by atoms with Crippen molar-refractivity contribution < 1.29 is 12.3 Å².